The van der Waals surface area contributed by atoms with Crippen molar-refractivity contribution in [3.8, 4) is 5.75 Å². The summed E-state index contributed by atoms with van der Waals surface area (Å²) in [5, 5.41) is 9.38. The van der Waals surface area contributed by atoms with Crippen molar-refractivity contribution in [1.29, 1.82) is 0 Å². The molecule has 2 aromatic rings. The van der Waals surface area contributed by atoms with E-state index in [2.05, 4.69) is 0 Å². The van der Waals surface area contributed by atoms with Gasteiger partial charge >= 0.3 is 5.97 Å². The van der Waals surface area contributed by atoms with Gasteiger partial charge in [-0.2, -0.15) is 0 Å². The largest absolute Gasteiger partial charge is 0.480 e. The van der Waals surface area contributed by atoms with Crippen LogP contribution in [0, 0.1) is 5.92 Å². The monoisotopic (exact) mass is 402 g/mol. The Morgan fingerprint density at radius 2 is 1.93 bits per heavy atom. The Bertz CT molecular complexity index is 966. The van der Waals surface area contributed by atoms with Gasteiger partial charge in [-0.1, -0.05) is 53.5 Å². The van der Waals surface area contributed by atoms with Gasteiger partial charge in [-0.05, 0) is 41.2 Å². The number of carboxylic acid groups (broad SMARTS) is 1. The second kappa shape index (κ2) is 7.02. The van der Waals surface area contributed by atoms with Crippen molar-refractivity contribution in [2.45, 2.75) is 18.8 Å². The van der Waals surface area contributed by atoms with Gasteiger partial charge < -0.3 is 9.84 Å². The molecule has 2 aliphatic carbocycles. The molecular weight excluding hydrogens is 387 g/mol. The Morgan fingerprint density at radius 3 is 2.63 bits per heavy atom. The number of ether oxygens (including phenoxy) is 1. The van der Waals surface area contributed by atoms with Crippen molar-refractivity contribution in [3.05, 3.63) is 69.2 Å². The number of halogens is 2. The maximum absolute atomic E-state index is 12.1. The Labute approximate surface area is 166 Å². The molecule has 2 aromatic carbocycles. The highest BCUT2D eigenvalue weighted by molar-refractivity contribution is 6.44. The topological polar surface area (TPSA) is 63.6 Å². The van der Waals surface area contributed by atoms with Gasteiger partial charge in [0.05, 0.1) is 5.02 Å². The molecule has 0 heterocycles. The lowest BCUT2D eigenvalue weighted by Gasteiger charge is -2.24. The molecule has 2 unspecified atom stereocenters. The first-order valence-electron chi connectivity index (χ1n) is 8.63. The van der Waals surface area contributed by atoms with E-state index < -0.39 is 12.6 Å². The first kappa shape index (κ1) is 18.1. The van der Waals surface area contributed by atoms with Crippen LogP contribution in [0.1, 0.15) is 35.4 Å². The highest BCUT2D eigenvalue weighted by atomic mass is 35.5. The van der Waals surface area contributed by atoms with E-state index in [1.165, 1.54) is 0 Å². The summed E-state index contributed by atoms with van der Waals surface area (Å²) in [7, 11) is 0. The van der Waals surface area contributed by atoms with E-state index >= 15 is 0 Å². The van der Waals surface area contributed by atoms with Crippen LogP contribution in [-0.2, 0) is 9.59 Å². The predicted molar refractivity (Wildman–Crippen MR) is 104 cm³/mol. The Morgan fingerprint density at radius 1 is 1.19 bits per heavy atom. The zero-order chi connectivity index (χ0) is 19.1. The third-order valence-electron chi connectivity index (χ3n) is 5.16. The van der Waals surface area contributed by atoms with Crippen LogP contribution >= 0.6 is 23.2 Å². The number of allylic oxidation sites excluding steroid dienone is 2. The number of carboxylic acids is 1. The van der Waals surface area contributed by atoms with Crippen LogP contribution in [0.25, 0.3) is 5.57 Å². The predicted octanol–water partition coefficient (Wildman–Crippen LogP) is 4.96. The summed E-state index contributed by atoms with van der Waals surface area (Å²) < 4.78 is 5.36. The quantitative estimate of drug-likeness (QED) is 0.784. The Kier molecular flexibility index (Phi) is 4.70. The van der Waals surface area contributed by atoms with Crippen LogP contribution in [-0.4, -0.2) is 23.5 Å². The molecule has 1 N–H and O–H groups in total. The molecule has 0 saturated carbocycles. The van der Waals surface area contributed by atoms with E-state index in [1.54, 1.807) is 12.1 Å². The van der Waals surface area contributed by atoms with Gasteiger partial charge in [-0.3, -0.25) is 4.79 Å². The van der Waals surface area contributed by atoms with E-state index in [-0.39, 0.29) is 28.4 Å². The fraction of sp³-hybridized carbons (Fsp3) is 0.238. The maximum Gasteiger partial charge on any atom is 0.341 e. The highest BCUT2D eigenvalue weighted by Gasteiger charge is 2.42. The van der Waals surface area contributed by atoms with Gasteiger partial charge in [0.25, 0.3) is 0 Å². The van der Waals surface area contributed by atoms with Crippen LogP contribution in [0.5, 0.6) is 5.75 Å². The molecule has 0 amide bonds. The van der Waals surface area contributed by atoms with Crippen LogP contribution < -0.4 is 4.74 Å². The standard InChI is InChI=1S/C21H16Cl2O4/c22-20-16(27-10-17(25)26)9-15-18(11-4-2-1-3-5-11)13-7-6-12(24)8-14(13)19(15)21(20)23/h1-5,8-9,13,18H,6-7,10H2,(H,25,26). The van der Waals surface area contributed by atoms with Crippen LogP contribution in [0.15, 0.2) is 42.5 Å². The third-order valence-corrected chi connectivity index (χ3v) is 6.01. The Balaban J connectivity index is 1.91. The molecule has 2 aliphatic rings. The van der Waals surface area contributed by atoms with Crippen molar-refractivity contribution in [2.75, 3.05) is 6.61 Å². The summed E-state index contributed by atoms with van der Waals surface area (Å²) in [6, 6.07) is 11.8. The minimum atomic E-state index is -1.09. The molecule has 0 aliphatic heterocycles. The molecule has 0 bridgehead atoms. The van der Waals surface area contributed by atoms with Crippen molar-refractivity contribution >= 4 is 40.5 Å². The van der Waals surface area contributed by atoms with E-state index in [1.807, 2.05) is 30.3 Å². The van der Waals surface area contributed by atoms with Gasteiger partial charge in [0.1, 0.15) is 10.8 Å². The molecule has 138 valence electrons. The molecule has 4 nitrogen and oxygen atoms in total. The summed E-state index contributed by atoms with van der Waals surface area (Å²) in [6.45, 7) is -0.505. The lowest BCUT2D eigenvalue weighted by Crippen LogP contribution is -2.15. The number of hydrogen-bond donors (Lipinski definition) is 1. The minimum Gasteiger partial charge on any atom is -0.480 e. The smallest absolute Gasteiger partial charge is 0.341 e. The number of hydrogen-bond acceptors (Lipinski definition) is 3. The molecule has 0 spiro atoms. The van der Waals surface area contributed by atoms with Crippen LogP contribution in [0.3, 0.4) is 0 Å². The summed E-state index contributed by atoms with van der Waals surface area (Å²) in [4.78, 5) is 22.9. The second-order valence-electron chi connectivity index (χ2n) is 6.75. The number of carbonyl (C=O) groups excluding carboxylic acids is 1. The number of rotatable bonds is 4. The molecule has 0 fully saturated rings. The van der Waals surface area contributed by atoms with Gasteiger partial charge in [-0.25, -0.2) is 4.79 Å². The molecule has 0 aromatic heterocycles. The lowest BCUT2D eigenvalue weighted by molar-refractivity contribution is -0.139. The van der Waals surface area contributed by atoms with Gasteiger partial charge in [0.15, 0.2) is 12.4 Å². The summed E-state index contributed by atoms with van der Waals surface area (Å²) in [5.74, 6) is -0.621. The number of benzene rings is 2. The first-order valence-corrected chi connectivity index (χ1v) is 9.39. The molecule has 2 atom stereocenters. The van der Waals surface area contributed by atoms with E-state index in [9.17, 15) is 9.59 Å². The molecular formula is C21H16Cl2O4. The van der Waals surface area contributed by atoms with Gasteiger partial charge in [0, 0.05) is 17.9 Å². The van der Waals surface area contributed by atoms with E-state index in [0.717, 1.165) is 28.7 Å². The van der Waals surface area contributed by atoms with E-state index in [4.69, 9.17) is 33.0 Å². The molecule has 0 saturated heterocycles. The zero-order valence-corrected chi connectivity index (χ0v) is 15.8. The number of fused-ring (bicyclic) bond motifs is 3. The van der Waals surface area contributed by atoms with Crippen LogP contribution in [0.4, 0.5) is 0 Å². The fourth-order valence-corrected chi connectivity index (χ4v) is 4.62. The number of ketones is 1. The summed E-state index contributed by atoms with van der Waals surface area (Å²) in [6.07, 6.45) is 2.91. The number of carbonyl (C=O) groups is 2. The molecule has 0 radical (unpaired) electrons. The maximum atomic E-state index is 12.1. The Hall–Kier alpha value is -2.30. The first-order chi connectivity index (χ1) is 13.0. The molecule has 4 rings (SSSR count). The summed E-state index contributed by atoms with van der Waals surface area (Å²) in [5.41, 5.74) is 3.72. The number of aliphatic carboxylic acids is 1. The fourth-order valence-electron chi connectivity index (χ4n) is 4.10. The van der Waals surface area contributed by atoms with Crippen LogP contribution in [0.2, 0.25) is 10.0 Å². The zero-order valence-electron chi connectivity index (χ0n) is 14.2. The summed E-state index contributed by atoms with van der Waals surface area (Å²) >= 11 is 12.9. The van der Waals surface area contributed by atoms with Gasteiger partial charge in [-0.15, -0.1) is 0 Å². The van der Waals surface area contributed by atoms with E-state index in [0.29, 0.717) is 11.4 Å². The minimum absolute atomic E-state index is 0.0162. The van der Waals surface area contributed by atoms with Crippen molar-refractivity contribution < 1.29 is 19.4 Å². The highest BCUT2D eigenvalue weighted by Crippen LogP contribution is 2.57. The third kappa shape index (κ3) is 3.13. The van der Waals surface area contributed by atoms with Gasteiger partial charge in [0.2, 0.25) is 0 Å². The average Bonchev–Trinajstić information content (AvgIpc) is 2.97. The normalized spacial score (nSPS) is 20.7. The lowest BCUT2D eigenvalue weighted by atomic mass is 9.79. The second-order valence-corrected chi connectivity index (χ2v) is 7.50. The SMILES string of the molecule is O=C(O)COc1cc2c(c(Cl)c1Cl)C1=CC(=O)CCC1C2c1ccccc1. The average molecular weight is 403 g/mol. The van der Waals surface area contributed by atoms with Crippen molar-refractivity contribution in [1.82, 2.24) is 0 Å². The van der Waals surface area contributed by atoms with Crippen molar-refractivity contribution in [3.63, 3.8) is 0 Å². The van der Waals surface area contributed by atoms with Crippen molar-refractivity contribution in [2.24, 2.45) is 5.92 Å². The molecule has 6 heteroatoms. The molecule has 27 heavy (non-hydrogen) atoms.